The highest BCUT2D eigenvalue weighted by Gasteiger charge is 2.34. The van der Waals surface area contributed by atoms with Gasteiger partial charge in [-0.05, 0) is 29.7 Å². The van der Waals surface area contributed by atoms with Gasteiger partial charge in [0.15, 0.2) is 6.29 Å². The van der Waals surface area contributed by atoms with Gasteiger partial charge in [0.1, 0.15) is 0 Å². The minimum absolute atomic E-state index is 0.0191. The zero-order chi connectivity index (χ0) is 17.5. The molecule has 0 spiro atoms. The molecule has 1 aromatic heterocycles. The van der Waals surface area contributed by atoms with E-state index >= 15 is 0 Å². The smallest absolute Gasteiger partial charge is 0.354 e. The lowest BCUT2D eigenvalue weighted by atomic mass is 9.98. The van der Waals surface area contributed by atoms with E-state index in [0.717, 1.165) is 11.6 Å². The number of carbonyl (C=O) groups is 1. The van der Waals surface area contributed by atoms with Crippen LogP contribution in [0.2, 0.25) is 0 Å². The summed E-state index contributed by atoms with van der Waals surface area (Å²) in [7, 11) is 0. The van der Waals surface area contributed by atoms with Crippen LogP contribution >= 0.6 is 0 Å². The summed E-state index contributed by atoms with van der Waals surface area (Å²) in [5.74, 6) is 0.259. The van der Waals surface area contributed by atoms with Crippen molar-refractivity contribution < 1.29 is 18.0 Å². The number of hydrogen-bond donors (Lipinski definition) is 1. The van der Waals surface area contributed by atoms with Gasteiger partial charge in [-0.25, -0.2) is 0 Å². The maximum Gasteiger partial charge on any atom is 0.417 e. The summed E-state index contributed by atoms with van der Waals surface area (Å²) >= 11 is 0. The Labute approximate surface area is 137 Å². The Morgan fingerprint density at radius 3 is 2.42 bits per heavy atom. The van der Waals surface area contributed by atoms with Crippen LogP contribution in [0.5, 0.6) is 0 Å². The van der Waals surface area contributed by atoms with Gasteiger partial charge in [0, 0.05) is 22.0 Å². The van der Waals surface area contributed by atoms with Gasteiger partial charge in [0.05, 0.1) is 11.3 Å². The van der Waals surface area contributed by atoms with E-state index < -0.39 is 11.7 Å². The van der Waals surface area contributed by atoms with Gasteiger partial charge in [0.25, 0.3) is 0 Å². The number of carbonyl (C=O) groups excluding carboxylic acids is 1. The van der Waals surface area contributed by atoms with E-state index in [1.165, 1.54) is 18.2 Å². The molecule has 0 saturated carbocycles. The Bertz CT molecular complexity index is 907. The van der Waals surface area contributed by atoms with Crippen molar-refractivity contribution in [2.45, 2.75) is 25.9 Å². The number of alkyl halides is 3. The molecule has 1 heterocycles. The molecule has 3 aromatic rings. The normalized spacial score (nSPS) is 12.1. The number of hydrogen-bond acceptors (Lipinski definition) is 1. The Balaban J connectivity index is 2.30. The molecule has 124 valence electrons. The minimum atomic E-state index is -4.49. The number of aromatic nitrogens is 1. The van der Waals surface area contributed by atoms with Crippen molar-refractivity contribution in [1.29, 1.82) is 0 Å². The van der Waals surface area contributed by atoms with Crippen molar-refractivity contribution in [2.75, 3.05) is 0 Å². The number of fused-ring (bicyclic) bond motifs is 1. The van der Waals surface area contributed by atoms with Crippen LogP contribution in [0, 0.1) is 0 Å². The lowest BCUT2D eigenvalue weighted by Crippen LogP contribution is -2.07. The highest BCUT2D eigenvalue weighted by molar-refractivity contribution is 6.04. The van der Waals surface area contributed by atoms with E-state index in [1.807, 2.05) is 26.0 Å². The molecule has 1 N–H and O–H groups in total. The topological polar surface area (TPSA) is 32.9 Å². The molecule has 0 radical (unpaired) electrons. The Morgan fingerprint density at radius 1 is 1.08 bits per heavy atom. The van der Waals surface area contributed by atoms with Gasteiger partial charge >= 0.3 is 6.18 Å². The van der Waals surface area contributed by atoms with Crippen LogP contribution in [0.4, 0.5) is 13.2 Å². The molecule has 0 aliphatic carbocycles. The van der Waals surface area contributed by atoms with Gasteiger partial charge in [-0.1, -0.05) is 38.1 Å². The van der Waals surface area contributed by atoms with Crippen LogP contribution in [0.1, 0.15) is 41.3 Å². The van der Waals surface area contributed by atoms with Gasteiger partial charge in [-0.3, -0.25) is 4.79 Å². The van der Waals surface area contributed by atoms with Crippen LogP contribution in [0.25, 0.3) is 22.2 Å². The van der Waals surface area contributed by atoms with Crippen molar-refractivity contribution >= 4 is 17.2 Å². The fourth-order valence-corrected chi connectivity index (χ4v) is 2.87. The third-order valence-corrected chi connectivity index (χ3v) is 4.15. The number of benzene rings is 2. The van der Waals surface area contributed by atoms with Gasteiger partial charge in [0.2, 0.25) is 0 Å². The van der Waals surface area contributed by atoms with Crippen LogP contribution < -0.4 is 0 Å². The number of nitrogens with one attached hydrogen (secondary N) is 1. The predicted octanol–water partition coefficient (Wildman–Crippen LogP) is 5.79. The SMILES string of the molecule is CC(C)c1ccc2[nH]c(-c3ccccc3C(F)(F)F)c(C=O)c2c1. The lowest BCUT2D eigenvalue weighted by Gasteiger charge is -2.12. The van der Waals surface area contributed by atoms with E-state index in [0.29, 0.717) is 17.2 Å². The van der Waals surface area contributed by atoms with Crippen molar-refractivity contribution in [3.63, 3.8) is 0 Å². The van der Waals surface area contributed by atoms with Crippen LogP contribution in [0.15, 0.2) is 42.5 Å². The second kappa shape index (κ2) is 5.82. The van der Waals surface area contributed by atoms with E-state index in [4.69, 9.17) is 0 Å². The molecule has 0 fully saturated rings. The molecule has 24 heavy (non-hydrogen) atoms. The zero-order valence-electron chi connectivity index (χ0n) is 13.2. The van der Waals surface area contributed by atoms with E-state index in [1.54, 1.807) is 6.07 Å². The summed E-state index contributed by atoms with van der Waals surface area (Å²) in [4.78, 5) is 14.6. The van der Waals surface area contributed by atoms with Crippen molar-refractivity contribution in [2.24, 2.45) is 0 Å². The fourth-order valence-electron chi connectivity index (χ4n) is 2.87. The average molecular weight is 331 g/mol. The second-order valence-electron chi connectivity index (χ2n) is 6.03. The third kappa shape index (κ3) is 2.70. The number of rotatable bonds is 3. The van der Waals surface area contributed by atoms with Crippen molar-refractivity contribution in [1.82, 2.24) is 4.98 Å². The molecular formula is C19H16F3NO. The molecule has 2 nitrogen and oxygen atoms in total. The summed E-state index contributed by atoms with van der Waals surface area (Å²) in [6.07, 6.45) is -3.87. The van der Waals surface area contributed by atoms with Crippen LogP contribution in [0.3, 0.4) is 0 Å². The predicted molar refractivity (Wildman–Crippen MR) is 88.2 cm³/mol. The second-order valence-corrected chi connectivity index (χ2v) is 6.03. The maximum absolute atomic E-state index is 13.3. The van der Waals surface area contributed by atoms with Crippen molar-refractivity contribution in [3.05, 3.63) is 59.2 Å². The van der Waals surface area contributed by atoms with Crippen LogP contribution in [-0.2, 0) is 6.18 Å². The third-order valence-electron chi connectivity index (χ3n) is 4.15. The molecule has 0 aliphatic heterocycles. The summed E-state index contributed by atoms with van der Waals surface area (Å²) < 4.78 is 39.9. The molecular weight excluding hydrogens is 315 g/mol. The minimum Gasteiger partial charge on any atom is -0.354 e. The Morgan fingerprint density at radius 2 is 1.79 bits per heavy atom. The van der Waals surface area contributed by atoms with Crippen molar-refractivity contribution in [3.8, 4) is 11.3 Å². The van der Waals surface area contributed by atoms with Crippen LogP contribution in [-0.4, -0.2) is 11.3 Å². The average Bonchev–Trinajstić information content (AvgIpc) is 2.91. The van der Waals surface area contributed by atoms with E-state index in [2.05, 4.69) is 4.98 Å². The number of halogens is 3. The monoisotopic (exact) mass is 331 g/mol. The lowest BCUT2D eigenvalue weighted by molar-refractivity contribution is -0.137. The molecule has 2 aromatic carbocycles. The number of aldehydes is 1. The molecule has 0 amide bonds. The van der Waals surface area contributed by atoms with E-state index in [-0.39, 0.29) is 22.7 Å². The molecule has 0 aliphatic rings. The molecule has 3 rings (SSSR count). The highest BCUT2D eigenvalue weighted by atomic mass is 19.4. The highest BCUT2D eigenvalue weighted by Crippen LogP contribution is 2.39. The summed E-state index contributed by atoms with van der Waals surface area (Å²) in [5.41, 5.74) is 1.35. The number of aromatic amines is 1. The molecule has 0 saturated heterocycles. The first kappa shape index (κ1) is 16.3. The van der Waals surface area contributed by atoms with E-state index in [9.17, 15) is 18.0 Å². The molecule has 0 unspecified atom stereocenters. The number of H-pyrrole nitrogens is 1. The standard InChI is InChI=1S/C19H16F3NO/c1-11(2)12-7-8-17-14(9-12)15(10-24)18(23-17)13-5-3-4-6-16(13)19(20,21)22/h3-11,23H,1-2H3. The maximum atomic E-state index is 13.3. The Kier molecular flexibility index (Phi) is 3.95. The fraction of sp³-hybridized carbons (Fsp3) is 0.211. The summed E-state index contributed by atoms with van der Waals surface area (Å²) in [6.45, 7) is 4.04. The summed E-state index contributed by atoms with van der Waals surface area (Å²) in [6, 6.07) is 10.9. The molecule has 0 atom stereocenters. The quantitative estimate of drug-likeness (QED) is 0.605. The van der Waals surface area contributed by atoms with Gasteiger partial charge in [-0.2, -0.15) is 13.2 Å². The first-order valence-corrected chi connectivity index (χ1v) is 7.60. The zero-order valence-corrected chi connectivity index (χ0v) is 13.2. The molecule has 0 bridgehead atoms. The largest absolute Gasteiger partial charge is 0.417 e. The first-order valence-electron chi connectivity index (χ1n) is 7.60. The molecule has 5 heteroatoms. The summed E-state index contributed by atoms with van der Waals surface area (Å²) in [5, 5.41) is 0.642. The first-order chi connectivity index (χ1) is 11.3. The Hall–Kier alpha value is -2.56. The van der Waals surface area contributed by atoms with Gasteiger partial charge < -0.3 is 4.98 Å². The van der Waals surface area contributed by atoms with Gasteiger partial charge in [-0.15, -0.1) is 0 Å².